The first-order chi connectivity index (χ1) is 17.1. The number of carbonyl (C=O) groups is 2. The van der Waals surface area contributed by atoms with Crippen molar-refractivity contribution in [3.63, 3.8) is 0 Å². The largest absolute Gasteiger partial charge is 0.465 e. The number of hydrogen-bond donors (Lipinski definition) is 0. The van der Waals surface area contributed by atoms with Crippen molar-refractivity contribution in [1.29, 1.82) is 0 Å². The summed E-state index contributed by atoms with van der Waals surface area (Å²) in [6.07, 6.45) is 2.66. The van der Waals surface area contributed by atoms with Crippen molar-refractivity contribution in [1.82, 2.24) is 8.87 Å². The van der Waals surface area contributed by atoms with Gasteiger partial charge in [-0.15, -0.1) is 0 Å². The van der Waals surface area contributed by atoms with Crippen molar-refractivity contribution in [2.24, 2.45) is 4.99 Å². The number of sulfonamides is 1. The molecule has 1 unspecified atom stereocenters. The SMILES string of the molecule is CCOC(=O)Cn1c(=NC(=O)c2ccc(S(=O)(=O)N3CCCCC3C)cc2)sc2cc(Cl)cc(Cl)c21. The molecule has 0 saturated carbocycles. The topological polar surface area (TPSA) is 98.0 Å². The maximum atomic E-state index is 13.1. The Morgan fingerprint density at radius 3 is 2.56 bits per heavy atom. The molecule has 8 nitrogen and oxygen atoms in total. The van der Waals surface area contributed by atoms with Crippen LogP contribution in [0, 0.1) is 0 Å². The van der Waals surface area contributed by atoms with Gasteiger partial charge in [-0.05, 0) is 63.1 Å². The van der Waals surface area contributed by atoms with E-state index in [4.69, 9.17) is 27.9 Å². The van der Waals surface area contributed by atoms with Crippen LogP contribution in [0.3, 0.4) is 0 Å². The zero-order valence-electron chi connectivity index (χ0n) is 19.7. The summed E-state index contributed by atoms with van der Waals surface area (Å²) in [4.78, 5) is 29.8. The molecule has 1 saturated heterocycles. The number of ether oxygens (including phenoxy) is 1. The number of esters is 1. The highest BCUT2D eigenvalue weighted by molar-refractivity contribution is 7.89. The zero-order valence-corrected chi connectivity index (χ0v) is 22.9. The van der Waals surface area contributed by atoms with Gasteiger partial charge in [-0.25, -0.2) is 8.42 Å². The zero-order chi connectivity index (χ0) is 26.0. The molecule has 192 valence electrons. The molecule has 36 heavy (non-hydrogen) atoms. The van der Waals surface area contributed by atoms with E-state index in [2.05, 4.69) is 4.99 Å². The third-order valence-electron chi connectivity index (χ3n) is 5.93. The van der Waals surface area contributed by atoms with Crippen molar-refractivity contribution >= 4 is 66.7 Å². The van der Waals surface area contributed by atoms with Crippen LogP contribution in [0.1, 0.15) is 43.5 Å². The minimum Gasteiger partial charge on any atom is -0.465 e. The second-order valence-corrected chi connectivity index (χ2v) is 12.2. The van der Waals surface area contributed by atoms with Gasteiger partial charge >= 0.3 is 5.97 Å². The summed E-state index contributed by atoms with van der Waals surface area (Å²) in [5.74, 6) is -1.09. The summed E-state index contributed by atoms with van der Waals surface area (Å²) in [5, 5.41) is 0.725. The van der Waals surface area contributed by atoms with E-state index < -0.39 is 21.9 Å². The van der Waals surface area contributed by atoms with Crippen LogP contribution >= 0.6 is 34.5 Å². The number of amides is 1. The lowest BCUT2D eigenvalue weighted by Gasteiger charge is -2.32. The first-order valence-corrected chi connectivity index (χ1v) is 14.5. The fourth-order valence-corrected chi connectivity index (χ4v) is 7.69. The van der Waals surface area contributed by atoms with E-state index in [1.54, 1.807) is 19.1 Å². The van der Waals surface area contributed by atoms with Crippen LogP contribution in [0.4, 0.5) is 0 Å². The number of rotatable bonds is 6. The third kappa shape index (κ3) is 5.52. The van der Waals surface area contributed by atoms with Crippen molar-refractivity contribution in [3.8, 4) is 0 Å². The van der Waals surface area contributed by atoms with Crippen LogP contribution < -0.4 is 4.80 Å². The predicted molar refractivity (Wildman–Crippen MR) is 140 cm³/mol. The molecular weight excluding hydrogens is 545 g/mol. The molecule has 1 aromatic heterocycles. The van der Waals surface area contributed by atoms with E-state index in [0.29, 0.717) is 26.8 Å². The second kappa shape index (κ2) is 11.0. The molecule has 1 aliphatic heterocycles. The summed E-state index contributed by atoms with van der Waals surface area (Å²) in [6, 6.07) is 8.90. The Hall–Kier alpha value is -2.24. The fraction of sp³-hybridized carbons (Fsp3) is 0.375. The highest BCUT2D eigenvalue weighted by Crippen LogP contribution is 2.30. The van der Waals surface area contributed by atoms with Gasteiger partial charge in [0.15, 0.2) is 4.80 Å². The molecule has 2 heterocycles. The van der Waals surface area contributed by atoms with Crippen LogP contribution in [0.25, 0.3) is 10.2 Å². The molecule has 1 amide bonds. The number of carbonyl (C=O) groups excluding carboxylic acids is 2. The Bertz CT molecular complexity index is 1480. The summed E-state index contributed by atoms with van der Waals surface area (Å²) in [7, 11) is -3.65. The first-order valence-electron chi connectivity index (χ1n) is 11.5. The van der Waals surface area contributed by atoms with E-state index in [0.717, 1.165) is 30.6 Å². The summed E-state index contributed by atoms with van der Waals surface area (Å²) < 4.78 is 34.9. The number of halogens is 2. The molecule has 0 radical (unpaired) electrons. The average Bonchev–Trinajstić information content (AvgIpc) is 3.15. The summed E-state index contributed by atoms with van der Waals surface area (Å²) in [5.41, 5.74) is 0.729. The average molecular weight is 571 g/mol. The molecule has 0 N–H and O–H groups in total. The molecule has 3 aromatic rings. The molecule has 0 bridgehead atoms. The Balaban J connectivity index is 1.69. The molecule has 12 heteroatoms. The van der Waals surface area contributed by atoms with Gasteiger partial charge < -0.3 is 9.30 Å². The molecule has 2 aromatic carbocycles. The molecule has 4 rings (SSSR count). The lowest BCUT2D eigenvalue weighted by Crippen LogP contribution is -2.41. The van der Waals surface area contributed by atoms with E-state index in [1.807, 2.05) is 6.92 Å². The number of nitrogens with zero attached hydrogens (tertiary/aromatic N) is 3. The van der Waals surface area contributed by atoms with E-state index >= 15 is 0 Å². The highest BCUT2D eigenvalue weighted by Gasteiger charge is 2.31. The van der Waals surface area contributed by atoms with Crippen LogP contribution in [0.15, 0.2) is 46.3 Å². The minimum absolute atomic E-state index is 0.0665. The lowest BCUT2D eigenvalue weighted by molar-refractivity contribution is -0.143. The molecule has 0 spiro atoms. The number of thiazole rings is 1. The molecule has 1 fully saturated rings. The van der Waals surface area contributed by atoms with Crippen LogP contribution in [0.5, 0.6) is 0 Å². The van der Waals surface area contributed by atoms with Crippen molar-refractivity contribution in [3.05, 3.63) is 56.8 Å². The van der Waals surface area contributed by atoms with Crippen molar-refractivity contribution in [2.75, 3.05) is 13.2 Å². The van der Waals surface area contributed by atoms with Crippen molar-refractivity contribution < 1.29 is 22.7 Å². The molecule has 0 aliphatic carbocycles. The van der Waals surface area contributed by atoms with Crippen LogP contribution in [0.2, 0.25) is 10.0 Å². The molecule has 1 aliphatic rings. The normalized spacial score (nSPS) is 17.4. The van der Waals surface area contributed by atoms with Gasteiger partial charge in [0.05, 0.1) is 26.7 Å². The van der Waals surface area contributed by atoms with Crippen LogP contribution in [-0.4, -0.2) is 48.4 Å². The van der Waals surface area contributed by atoms with Gasteiger partial charge in [-0.3, -0.25) is 9.59 Å². The number of benzene rings is 2. The van der Waals surface area contributed by atoms with Gasteiger partial charge in [0.1, 0.15) is 6.54 Å². The predicted octanol–water partition coefficient (Wildman–Crippen LogP) is 4.88. The van der Waals surface area contributed by atoms with Gasteiger partial charge in [0.2, 0.25) is 10.0 Å². The standard InChI is InChI=1S/C24H25Cl2N3O5S2/c1-3-34-21(30)14-28-22-19(26)12-17(25)13-20(22)35-24(28)27-23(31)16-7-9-18(10-8-16)36(32,33)29-11-5-4-6-15(29)2/h7-10,12-13,15H,3-6,11,14H2,1-2H3. The summed E-state index contributed by atoms with van der Waals surface area (Å²) >= 11 is 13.7. The number of fused-ring (bicyclic) bond motifs is 1. The van der Waals surface area contributed by atoms with E-state index in [1.165, 1.54) is 33.1 Å². The minimum atomic E-state index is -3.65. The highest BCUT2D eigenvalue weighted by atomic mass is 35.5. The van der Waals surface area contributed by atoms with Gasteiger partial charge in [0, 0.05) is 23.2 Å². The van der Waals surface area contributed by atoms with E-state index in [-0.39, 0.29) is 34.5 Å². The van der Waals surface area contributed by atoms with Gasteiger partial charge in [0.25, 0.3) is 5.91 Å². The maximum absolute atomic E-state index is 13.1. The Morgan fingerprint density at radius 2 is 1.89 bits per heavy atom. The number of hydrogen-bond acceptors (Lipinski definition) is 6. The lowest BCUT2D eigenvalue weighted by atomic mass is 10.1. The fourth-order valence-electron chi connectivity index (χ4n) is 4.18. The summed E-state index contributed by atoms with van der Waals surface area (Å²) in [6.45, 7) is 4.11. The maximum Gasteiger partial charge on any atom is 0.326 e. The van der Waals surface area contributed by atoms with Gasteiger partial charge in [-0.1, -0.05) is 41.0 Å². The quantitative estimate of drug-likeness (QED) is 0.394. The third-order valence-corrected chi connectivity index (χ3v) is 9.49. The van der Waals surface area contributed by atoms with Crippen LogP contribution in [-0.2, 0) is 26.1 Å². The second-order valence-electron chi connectivity index (χ2n) is 8.41. The Kier molecular flexibility index (Phi) is 8.21. The van der Waals surface area contributed by atoms with Gasteiger partial charge in [-0.2, -0.15) is 9.30 Å². The monoisotopic (exact) mass is 569 g/mol. The molecule has 1 atom stereocenters. The Labute approximate surface area is 223 Å². The van der Waals surface area contributed by atoms with Crippen molar-refractivity contribution in [2.45, 2.75) is 50.6 Å². The number of aromatic nitrogens is 1. The smallest absolute Gasteiger partial charge is 0.326 e. The first kappa shape index (κ1) is 26.8. The number of piperidine rings is 1. The van der Waals surface area contributed by atoms with E-state index in [9.17, 15) is 18.0 Å². The molecular formula is C24H25Cl2N3O5S2. The Morgan fingerprint density at radius 1 is 1.17 bits per heavy atom.